The Kier molecular flexibility index (Phi) is 8.01. The number of aromatic nitrogens is 3. The van der Waals surface area contributed by atoms with Crippen LogP contribution in [0.3, 0.4) is 0 Å². The van der Waals surface area contributed by atoms with Crippen molar-refractivity contribution in [2.75, 3.05) is 25.4 Å². The smallest absolute Gasteiger partial charge is 0.410 e. The van der Waals surface area contributed by atoms with Crippen molar-refractivity contribution in [2.24, 2.45) is 0 Å². The summed E-state index contributed by atoms with van der Waals surface area (Å²) in [5.74, 6) is 2.45. The largest absolute Gasteiger partial charge is 0.457 e. The maximum atomic E-state index is 12.7. The molecule has 0 unspecified atom stereocenters. The molecule has 0 spiro atoms. The highest BCUT2D eigenvalue weighted by Gasteiger charge is 2.35. The van der Waals surface area contributed by atoms with Gasteiger partial charge in [0.15, 0.2) is 5.82 Å². The van der Waals surface area contributed by atoms with Crippen LogP contribution in [0.5, 0.6) is 11.5 Å². The number of nitrogens with two attached hydrogens (primary N) is 1. The van der Waals surface area contributed by atoms with E-state index in [1.807, 2.05) is 72.7 Å². The van der Waals surface area contributed by atoms with Crippen LogP contribution < -0.4 is 10.5 Å². The molecule has 2 aromatic carbocycles. The fourth-order valence-electron chi connectivity index (χ4n) is 6.58. The zero-order valence-electron chi connectivity index (χ0n) is 25.6. The molecule has 1 aliphatic carbocycles. The second kappa shape index (κ2) is 11.9. The Bertz CT molecular complexity index is 1560. The lowest BCUT2D eigenvalue weighted by Crippen LogP contribution is -2.57. The van der Waals surface area contributed by atoms with Gasteiger partial charge in [-0.15, -0.1) is 0 Å². The summed E-state index contributed by atoms with van der Waals surface area (Å²) < 4.78 is 13.6. The highest BCUT2D eigenvalue weighted by Crippen LogP contribution is 2.40. The van der Waals surface area contributed by atoms with E-state index in [-0.39, 0.29) is 12.1 Å². The van der Waals surface area contributed by atoms with Crippen LogP contribution in [0.4, 0.5) is 10.6 Å². The molecule has 9 nitrogen and oxygen atoms in total. The van der Waals surface area contributed by atoms with Crippen molar-refractivity contribution in [1.29, 1.82) is 0 Å². The average molecular weight is 583 g/mol. The first-order chi connectivity index (χ1) is 20.7. The minimum Gasteiger partial charge on any atom is -0.457 e. The highest BCUT2D eigenvalue weighted by atomic mass is 16.6. The number of piperazine rings is 1. The molecular weight excluding hydrogens is 540 g/mol. The molecule has 6 rings (SSSR count). The molecule has 0 bridgehead atoms. The number of rotatable bonds is 5. The van der Waals surface area contributed by atoms with Crippen LogP contribution in [0.1, 0.15) is 65.0 Å². The van der Waals surface area contributed by atoms with Gasteiger partial charge >= 0.3 is 6.09 Å². The molecule has 2 aromatic heterocycles. The summed E-state index contributed by atoms with van der Waals surface area (Å²) in [6, 6.07) is 20.8. The maximum absolute atomic E-state index is 12.7. The number of amides is 1. The number of carbonyl (C=O) groups is 1. The Morgan fingerprint density at radius 1 is 0.953 bits per heavy atom. The average Bonchev–Trinajstić information content (AvgIpc) is 3.38. The van der Waals surface area contributed by atoms with E-state index in [2.05, 4.69) is 40.1 Å². The number of nitrogens with zero attached hydrogens (tertiary/aromatic N) is 5. The summed E-state index contributed by atoms with van der Waals surface area (Å²) >= 11 is 0. The van der Waals surface area contributed by atoms with Crippen molar-refractivity contribution in [3.8, 4) is 22.6 Å². The fourth-order valence-corrected chi connectivity index (χ4v) is 6.58. The van der Waals surface area contributed by atoms with Gasteiger partial charge in [0.1, 0.15) is 28.9 Å². The number of benzene rings is 2. The van der Waals surface area contributed by atoms with E-state index in [4.69, 9.17) is 15.2 Å². The van der Waals surface area contributed by atoms with Gasteiger partial charge in [0.05, 0.1) is 0 Å². The molecule has 1 atom stereocenters. The third-order valence-electron chi connectivity index (χ3n) is 8.67. The lowest BCUT2D eigenvalue weighted by molar-refractivity contribution is -0.00755. The molecule has 4 aromatic rings. The van der Waals surface area contributed by atoms with Gasteiger partial charge in [0.25, 0.3) is 0 Å². The van der Waals surface area contributed by atoms with E-state index in [1.165, 1.54) is 5.69 Å². The van der Waals surface area contributed by atoms with Gasteiger partial charge in [-0.25, -0.2) is 14.3 Å². The number of carbonyl (C=O) groups excluding carboxylic acids is 1. The first-order valence-corrected chi connectivity index (χ1v) is 15.4. The van der Waals surface area contributed by atoms with Crippen molar-refractivity contribution < 1.29 is 14.3 Å². The predicted molar refractivity (Wildman–Crippen MR) is 168 cm³/mol. The van der Waals surface area contributed by atoms with Crippen molar-refractivity contribution in [3.63, 3.8) is 0 Å². The zero-order valence-corrected chi connectivity index (χ0v) is 25.6. The van der Waals surface area contributed by atoms with Gasteiger partial charge in [-0.2, -0.15) is 5.10 Å². The van der Waals surface area contributed by atoms with Crippen LogP contribution in [0.2, 0.25) is 0 Å². The molecule has 2 N–H and O–H groups in total. The molecule has 1 saturated carbocycles. The standard InChI is InChI=1S/C34H42N6O3/c1-23-21-38(18-19-39(23)33(41)43-34(2,3)4)26-14-10-25(11-15-26)30-20-29(31-32(35)36-22-37-40(30)31)24-12-16-28(17-13-24)42-27-8-6-5-7-9-27/h5-9,12-13,16-17,20,22-23,25-26H,10-11,14-15,18-19,21H2,1-4H3,(H2,35,36,37)/t23-,25-,26-/m0/s1. The summed E-state index contributed by atoms with van der Waals surface area (Å²) in [4.78, 5) is 21.5. The Morgan fingerprint density at radius 3 is 2.33 bits per heavy atom. The Balaban J connectivity index is 1.14. The molecule has 1 amide bonds. The van der Waals surface area contributed by atoms with Crippen molar-refractivity contribution >= 4 is 17.4 Å². The predicted octanol–water partition coefficient (Wildman–Crippen LogP) is 6.74. The number of hydrogen-bond acceptors (Lipinski definition) is 7. The van der Waals surface area contributed by atoms with E-state index >= 15 is 0 Å². The molecule has 2 fully saturated rings. The minimum absolute atomic E-state index is 0.127. The second-order valence-electron chi connectivity index (χ2n) is 12.9. The minimum atomic E-state index is -0.481. The van der Waals surface area contributed by atoms with E-state index in [9.17, 15) is 4.79 Å². The normalized spacial score (nSPS) is 21.6. The van der Waals surface area contributed by atoms with Crippen LogP contribution in [0.25, 0.3) is 16.6 Å². The Morgan fingerprint density at radius 2 is 1.65 bits per heavy atom. The summed E-state index contributed by atoms with van der Waals surface area (Å²) in [6.45, 7) is 10.3. The van der Waals surface area contributed by atoms with Crippen molar-refractivity contribution in [1.82, 2.24) is 24.4 Å². The quantitative estimate of drug-likeness (QED) is 0.278. The molecule has 3 heterocycles. The monoisotopic (exact) mass is 582 g/mol. The third-order valence-corrected chi connectivity index (χ3v) is 8.67. The maximum Gasteiger partial charge on any atom is 0.410 e. The molecule has 0 radical (unpaired) electrons. The topological polar surface area (TPSA) is 98.2 Å². The molecule has 1 saturated heterocycles. The number of anilines is 1. The number of nitrogen functional groups attached to an aromatic ring is 1. The number of hydrogen-bond donors (Lipinski definition) is 1. The van der Waals surface area contributed by atoms with Gasteiger partial charge in [-0.3, -0.25) is 4.90 Å². The van der Waals surface area contributed by atoms with Crippen LogP contribution in [0.15, 0.2) is 67.0 Å². The van der Waals surface area contributed by atoms with E-state index < -0.39 is 5.60 Å². The SMILES string of the molecule is C[C@H]1CN([C@H]2CC[C@H](c3cc(-c4ccc(Oc5ccccc5)cc4)c4c(N)ncnn43)CC2)CCN1C(=O)OC(C)(C)C. The molecule has 1 aliphatic heterocycles. The van der Waals surface area contributed by atoms with Gasteiger partial charge in [0.2, 0.25) is 0 Å². The summed E-state index contributed by atoms with van der Waals surface area (Å²) in [5.41, 5.74) is 10.1. The third kappa shape index (κ3) is 6.32. The van der Waals surface area contributed by atoms with Gasteiger partial charge in [-0.05, 0) is 89.3 Å². The van der Waals surface area contributed by atoms with Crippen molar-refractivity contribution in [2.45, 2.75) is 77.0 Å². The zero-order chi connectivity index (χ0) is 30.1. The first-order valence-electron chi connectivity index (χ1n) is 15.4. The summed E-state index contributed by atoms with van der Waals surface area (Å²) in [7, 11) is 0. The highest BCUT2D eigenvalue weighted by molar-refractivity contribution is 5.88. The van der Waals surface area contributed by atoms with E-state index in [0.29, 0.717) is 24.3 Å². The van der Waals surface area contributed by atoms with E-state index in [1.54, 1.807) is 6.33 Å². The van der Waals surface area contributed by atoms with E-state index in [0.717, 1.165) is 66.9 Å². The van der Waals surface area contributed by atoms with Gasteiger partial charge < -0.3 is 20.1 Å². The summed E-state index contributed by atoms with van der Waals surface area (Å²) in [6.07, 6.45) is 5.70. The number of fused-ring (bicyclic) bond motifs is 1. The number of ether oxygens (including phenoxy) is 2. The Labute approximate surface area is 253 Å². The summed E-state index contributed by atoms with van der Waals surface area (Å²) in [5, 5.41) is 4.65. The van der Waals surface area contributed by atoms with Crippen LogP contribution >= 0.6 is 0 Å². The number of para-hydroxylation sites is 1. The van der Waals surface area contributed by atoms with Crippen LogP contribution in [-0.2, 0) is 4.74 Å². The molecule has 226 valence electrons. The fraction of sp³-hybridized carbons (Fsp3) is 0.441. The lowest BCUT2D eigenvalue weighted by atomic mass is 9.83. The first kappa shape index (κ1) is 29.0. The second-order valence-corrected chi connectivity index (χ2v) is 12.9. The van der Waals surface area contributed by atoms with Crippen LogP contribution in [-0.4, -0.2) is 67.8 Å². The van der Waals surface area contributed by atoms with Gasteiger partial charge in [0, 0.05) is 48.9 Å². The lowest BCUT2D eigenvalue weighted by Gasteiger charge is -2.45. The molecule has 43 heavy (non-hydrogen) atoms. The van der Waals surface area contributed by atoms with Crippen molar-refractivity contribution in [3.05, 3.63) is 72.7 Å². The molecular formula is C34H42N6O3. The van der Waals surface area contributed by atoms with Gasteiger partial charge in [-0.1, -0.05) is 30.3 Å². The molecule has 9 heteroatoms. The van der Waals surface area contributed by atoms with Crippen LogP contribution in [0, 0.1) is 0 Å². The Hall–Kier alpha value is -4.11. The molecule has 2 aliphatic rings.